The molecule has 3 amide bonds. The zero-order valence-corrected chi connectivity index (χ0v) is 23.1. The summed E-state index contributed by atoms with van der Waals surface area (Å²) in [5, 5.41) is 6.76. The topological polar surface area (TPSA) is 87.7 Å². The number of fused-ring (bicyclic) bond motifs is 1. The second kappa shape index (κ2) is 10.1. The van der Waals surface area contributed by atoms with E-state index in [9.17, 15) is 14.4 Å². The normalized spacial score (nSPS) is 29.9. The van der Waals surface area contributed by atoms with Crippen LogP contribution in [-0.2, 0) is 25.7 Å². The summed E-state index contributed by atoms with van der Waals surface area (Å²) in [4.78, 5) is 43.1. The number of benzene rings is 2. The van der Waals surface area contributed by atoms with E-state index in [0.717, 1.165) is 35.7 Å². The summed E-state index contributed by atoms with van der Waals surface area (Å²) in [6, 6.07) is 13.7. The van der Waals surface area contributed by atoms with Gasteiger partial charge in [-0.1, -0.05) is 71.1 Å². The number of halogens is 2. The fourth-order valence-corrected chi connectivity index (χ4v) is 6.90. The molecule has 7 nitrogen and oxygen atoms in total. The minimum atomic E-state index is -1.19. The first kappa shape index (κ1) is 25.6. The Morgan fingerprint density at radius 2 is 1.74 bits per heavy atom. The summed E-state index contributed by atoms with van der Waals surface area (Å²) in [5.74, 6) is -2.28. The largest absolute Gasteiger partial charge is 0.359 e. The SMILES string of the molecule is O=C(Nc1ccc(Br)cc1)[C@@H]1[C@H]2C=C[C@@]3(O2)[C@H]1C(=O)N(Cc1ccc(Cl)cc1)[C@@H]3C(=O)NC1CCCCC1. The number of carbonyl (C=O) groups is 3. The van der Waals surface area contributed by atoms with Crippen LogP contribution in [0.25, 0.3) is 0 Å². The molecule has 5 atom stereocenters. The summed E-state index contributed by atoms with van der Waals surface area (Å²) in [6.07, 6.45) is 8.29. The molecule has 6 rings (SSSR count). The van der Waals surface area contributed by atoms with Gasteiger partial charge >= 0.3 is 0 Å². The molecule has 2 saturated heterocycles. The lowest BCUT2D eigenvalue weighted by atomic mass is 9.74. The highest BCUT2D eigenvalue weighted by molar-refractivity contribution is 9.10. The predicted molar refractivity (Wildman–Crippen MR) is 147 cm³/mol. The molecule has 3 heterocycles. The van der Waals surface area contributed by atoms with E-state index in [1.165, 1.54) is 6.42 Å². The molecular weight excluding hydrogens is 570 g/mol. The van der Waals surface area contributed by atoms with Crippen molar-refractivity contribution >= 4 is 50.9 Å². The zero-order chi connectivity index (χ0) is 26.4. The van der Waals surface area contributed by atoms with Gasteiger partial charge in [0, 0.05) is 27.8 Å². The van der Waals surface area contributed by atoms with Crippen molar-refractivity contribution in [1.82, 2.24) is 10.2 Å². The molecule has 1 saturated carbocycles. The van der Waals surface area contributed by atoms with Crippen molar-refractivity contribution in [3.8, 4) is 0 Å². The monoisotopic (exact) mass is 597 g/mol. The van der Waals surface area contributed by atoms with E-state index in [1.54, 1.807) is 29.2 Å². The lowest BCUT2D eigenvalue weighted by Crippen LogP contribution is -2.56. The first-order valence-electron chi connectivity index (χ1n) is 13.1. The maximum Gasteiger partial charge on any atom is 0.246 e. The molecule has 1 aliphatic carbocycles. The Labute approximate surface area is 235 Å². The van der Waals surface area contributed by atoms with Crippen molar-refractivity contribution in [2.45, 2.75) is 62.4 Å². The van der Waals surface area contributed by atoms with Crippen LogP contribution in [0.3, 0.4) is 0 Å². The first-order chi connectivity index (χ1) is 18.4. The first-order valence-corrected chi connectivity index (χ1v) is 14.3. The third-order valence-corrected chi connectivity index (χ3v) is 9.04. The third-order valence-electron chi connectivity index (χ3n) is 8.25. The van der Waals surface area contributed by atoms with Gasteiger partial charge < -0.3 is 20.3 Å². The minimum Gasteiger partial charge on any atom is -0.359 e. The number of nitrogens with zero attached hydrogens (tertiary/aromatic N) is 1. The highest BCUT2D eigenvalue weighted by Gasteiger charge is 2.72. The molecule has 3 fully saturated rings. The number of ether oxygens (including phenoxy) is 1. The van der Waals surface area contributed by atoms with Gasteiger partial charge in [-0.15, -0.1) is 0 Å². The van der Waals surface area contributed by atoms with E-state index in [1.807, 2.05) is 36.4 Å². The molecule has 3 aliphatic heterocycles. The number of likely N-dealkylation sites (tertiary alicyclic amines) is 1. The van der Waals surface area contributed by atoms with E-state index in [0.29, 0.717) is 10.7 Å². The molecule has 2 bridgehead atoms. The van der Waals surface area contributed by atoms with Crippen molar-refractivity contribution in [1.29, 1.82) is 0 Å². The average Bonchev–Trinajstić information content (AvgIpc) is 3.55. The average molecular weight is 599 g/mol. The van der Waals surface area contributed by atoms with Gasteiger partial charge in [-0.3, -0.25) is 14.4 Å². The van der Waals surface area contributed by atoms with Crippen molar-refractivity contribution in [3.63, 3.8) is 0 Å². The molecule has 9 heteroatoms. The fourth-order valence-electron chi connectivity index (χ4n) is 6.51. The van der Waals surface area contributed by atoms with Gasteiger partial charge in [0.15, 0.2) is 0 Å². The van der Waals surface area contributed by atoms with Crippen LogP contribution in [0.15, 0.2) is 65.2 Å². The number of amides is 3. The molecule has 1 spiro atoms. The van der Waals surface area contributed by atoms with Gasteiger partial charge in [-0.05, 0) is 54.8 Å². The molecule has 2 N–H and O–H groups in total. The van der Waals surface area contributed by atoms with Gasteiger partial charge in [0.25, 0.3) is 0 Å². The Morgan fingerprint density at radius 1 is 1.03 bits per heavy atom. The zero-order valence-electron chi connectivity index (χ0n) is 20.7. The van der Waals surface area contributed by atoms with Crippen LogP contribution in [-0.4, -0.2) is 46.4 Å². The standard InChI is InChI=1S/C29H29BrClN3O4/c30-18-8-12-21(13-9-18)32-26(35)23-22-14-15-29(38-22)24(23)28(37)34(16-17-6-10-19(31)11-7-17)25(29)27(36)33-20-4-2-1-3-5-20/h6-15,20,22-25H,1-5,16H2,(H,32,35)(H,33,36)/t22-,23-,24-,25-,29-/m1/s1. The molecule has 38 heavy (non-hydrogen) atoms. The van der Waals surface area contributed by atoms with E-state index in [4.69, 9.17) is 16.3 Å². The summed E-state index contributed by atoms with van der Waals surface area (Å²) in [5.41, 5.74) is 0.298. The van der Waals surface area contributed by atoms with Crippen molar-refractivity contribution in [3.05, 3.63) is 75.7 Å². The van der Waals surface area contributed by atoms with Crippen LogP contribution in [0.2, 0.25) is 5.02 Å². The molecule has 2 aromatic rings. The van der Waals surface area contributed by atoms with Crippen LogP contribution in [0.1, 0.15) is 37.7 Å². The van der Waals surface area contributed by atoms with Gasteiger partial charge in [0.05, 0.1) is 17.9 Å². The second-order valence-corrected chi connectivity index (χ2v) is 12.0. The number of hydrogen-bond acceptors (Lipinski definition) is 4. The van der Waals surface area contributed by atoms with Crippen LogP contribution < -0.4 is 10.6 Å². The van der Waals surface area contributed by atoms with E-state index < -0.39 is 29.6 Å². The summed E-state index contributed by atoms with van der Waals surface area (Å²) >= 11 is 9.49. The molecule has 198 valence electrons. The van der Waals surface area contributed by atoms with E-state index >= 15 is 0 Å². The van der Waals surface area contributed by atoms with Crippen LogP contribution in [0, 0.1) is 11.8 Å². The van der Waals surface area contributed by atoms with E-state index in [-0.39, 0.29) is 30.3 Å². The Hall–Kier alpha value is -2.68. The summed E-state index contributed by atoms with van der Waals surface area (Å²) in [7, 11) is 0. The number of rotatable bonds is 6. The quantitative estimate of drug-likeness (QED) is 0.466. The predicted octanol–water partition coefficient (Wildman–Crippen LogP) is 4.84. The minimum absolute atomic E-state index is 0.0817. The number of anilines is 1. The van der Waals surface area contributed by atoms with Crippen LogP contribution >= 0.6 is 27.5 Å². The molecule has 4 aliphatic rings. The summed E-state index contributed by atoms with van der Waals surface area (Å²) in [6.45, 7) is 0.222. The Balaban J connectivity index is 1.32. The van der Waals surface area contributed by atoms with Crippen LogP contribution in [0.4, 0.5) is 5.69 Å². The lowest BCUT2D eigenvalue weighted by molar-refractivity contribution is -0.142. The van der Waals surface area contributed by atoms with Crippen molar-refractivity contribution < 1.29 is 19.1 Å². The number of nitrogens with one attached hydrogen (secondary N) is 2. The number of carbonyl (C=O) groups excluding carboxylic acids is 3. The van der Waals surface area contributed by atoms with E-state index in [2.05, 4.69) is 26.6 Å². The Morgan fingerprint density at radius 3 is 2.45 bits per heavy atom. The maximum atomic E-state index is 14.1. The number of hydrogen-bond donors (Lipinski definition) is 2. The second-order valence-electron chi connectivity index (χ2n) is 10.6. The van der Waals surface area contributed by atoms with Crippen molar-refractivity contribution in [2.24, 2.45) is 11.8 Å². The van der Waals surface area contributed by atoms with Gasteiger partial charge in [0.2, 0.25) is 17.7 Å². The lowest BCUT2D eigenvalue weighted by Gasteiger charge is -2.34. The molecular formula is C29H29BrClN3O4. The molecule has 0 unspecified atom stereocenters. The fraction of sp³-hybridized carbons (Fsp3) is 0.414. The maximum absolute atomic E-state index is 14.1. The molecule has 2 aromatic carbocycles. The summed E-state index contributed by atoms with van der Waals surface area (Å²) < 4.78 is 7.33. The smallest absolute Gasteiger partial charge is 0.246 e. The van der Waals surface area contributed by atoms with Gasteiger partial charge in [0.1, 0.15) is 11.6 Å². The highest BCUT2D eigenvalue weighted by atomic mass is 79.9. The Kier molecular flexibility index (Phi) is 6.82. The highest BCUT2D eigenvalue weighted by Crippen LogP contribution is 2.55. The van der Waals surface area contributed by atoms with Crippen LogP contribution in [0.5, 0.6) is 0 Å². The molecule has 0 aromatic heterocycles. The molecule has 0 radical (unpaired) electrons. The van der Waals surface area contributed by atoms with Gasteiger partial charge in [-0.25, -0.2) is 0 Å². The Bertz CT molecular complexity index is 1280. The third kappa shape index (κ3) is 4.46. The van der Waals surface area contributed by atoms with Crippen molar-refractivity contribution in [2.75, 3.05) is 5.32 Å². The van der Waals surface area contributed by atoms with Gasteiger partial charge in [-0.2, -0.15) is 0 Å².